The lowest BCUT2D eigenvalue weighted by molar-refractivity contribution is -0.122. The van der Waals surface area contributed by atoms with Gasteiger partial charge in [0.05, 0.1) is 12.6 Å². The maximum atomic E-state index is 13.2. The summed E-state index contributed by atoms with van der Waals surface area (Å²) >= 11 is 0. The van der Waals surface area contributed by atoms with Crippen molar-refractivity contribution in [2.24, 2.45) is 5.92 Å². The van der Waals surface area contributed by atoms with Crippen LogP contribution >= 0.6 is 0 Å². The standard InChI is InChI=1S/C20H24FNO3/c1-14(9-16-3-2-4-17(21)11-16)10-20(25)22-18(13-23)12-15-5-7-19(24)8-6-15/h2-8,11,14,18,23-24H,9-10,12-13H2,1H3,(H,22,25)/t14?,18-/m0/s1. The summed E-state index contributed by atoms with van der Waals surface area (Å²) in [4.78, 5) is 12.2. The molecule has 1 unspecified atom stereocenters. The van der Waals surface area contributed by atoms with Crippen LogP contribution in [0.25, 0.3) is 0 Å². The van der Waals surface area contributed by atoms with Crippen LogP contribution in [0.5, 0.6) is 5.75 Å². The minimum Gasteiger partial charge on any atom is -0.508 e. The minimum absolute atomic E-state index is 0.0646. The highest BCUT2D eigenvalue weighted by Gasteiger charge is 2.15. The van der Waals surface area contributed by atoms with E-state index in [1.54, 1.807) is 30.3 Å². The smallest absolute Gasteiger partial charge is 0.220 e. The fourth-order valence-electron chi connectivity index (χ4n) is 2.82. The number of rotatable bonds is 8. The predicted molar refractivity (Wildman–Crippen MR) is 94.7 cm³/mol. The van der Waals surface area contributed by atoms with Crippen molar-refractivity contribution in [1.29, 1.82) is 0 Å². The summed E-state index contributed by atoms with van der Waals surface area (Å²) in [5.74, 6) is -0.167. The minimum atomic E-state index is -0.376. The van der Waals surface area contributed by atoms with Crippen LogP contribution in [0, 0.1) is 11.7 Å². The molecule has 0 aliphatic rings. The summed E-state index contributed by atoms with van der Waals surface area (Å²) in [5.41, 5.74) is 1.79. The van der Waals surface area contributed by atoms with Gasteiger partial charge in [0.25, 0.3) is 0 Å². The van der Waals surface area contributed by atoms with Crippen LogP contribution in [0.3, 0.4) is 0 Å². The first-order chi connectivity index (χ1) is 12.0. The summed E-state index contributed by atoms with van der Waals surface area (Å²) < 4.78 is 13.2. The molecular formula is C20H24FNO3. The molecule has 0 saturated carbocycles. The first-order valence-corrected chi connectivity index (χ1v) is 8.39. The summed E-state index contributed by atoms with van der Waals surface area (Å²) in [6.45, 7) is 1.78. The molecule has 4 nitrogen and oxygen atoms in total. The van der Waals surface area contributed by atoms with Crippen LogP contribution in [-0.2, 0) is 17.6 Å². The van der Waals surface area contributed by atoms with Crippen molar-refractivity contribution in [3.05, 3.63) is 65.5 Å². The van der Waals surface area contributed by atoms with E-state index in [1.165, 1.54) is 12.1 Å². The first kappa shape index (κ1) is 18.9. The number of aliphatic hydroxyl groups is 1. The van der Waals surface area contributed by atoms with E-state index >= 15 is 0 Å². The van der Waals surface area contributed by atoms with Crippen molar-refractivity contribution >= 4 is 5.91 Å². The van der Waals surface area contributed by atoms with E-state index in [0.717, 1.165) is 11.1 Å². The molecule has 3 N–H and O–H groups in total. The molecule has 25 heavy (non-hydrogen) atoms. The predicted octanol–water partition coefficient (Wildman–Crippen LogP) is 2.82. The molecule has 2 rings (SSSR count). The zero-order chi connectivity index (χ0) is 18.2. The van der Waals surface area contributed by atoms with Crippen LogP contribution in [-0.4, -0.2) is 28.8 Å². The van der Waals surface area contributed by atoms with Gasteiger partial charge >= 0.3 is 0 Å². The molecule has 0 bridgehead atoms. The largest absolute Gasteiger partial charge is 0.508 e. The molecule has 0 fully saturated rings. The van der Waals surface area contributed by atoms with Crippen molar-refractivity contribution in [2.45, 2.75) is 32.2 Å². The summed E-state index contributed by atoms with van der Waals surface area (Å²) in [6, 6.07) is 12.7. The number of phenols is 1. The molecule has 5 heteroatoms. The second kappa shape index (κ2) is 9.18. The van der Waals surface area contributed by atoms with Crippen molar-refractivity contribution in [3.8, 4) is 5.75 Å². The number of aromatic hydroxyl groups is 1. The molecule has 0 radical (unpaired) electrons. The highest BCUT2D eigenvalue weighted by atomic mass is 19.1. The average molecular weight is 345 g/mol. The number of hydrogen-bond acceptors (Lipinski definition) is 3. The molecule has 2 atom stereocenters. The normalized spacial score (nSPS) is 13.2. The Bertz CT molecular complexity index is 688. The number of nitrogens with one attached hydrogen (secondary N) is 1. The van der Waals surface area contributed by atoms with Crippen molar-refractivity contribution in [1.82, 2.24) is 5.32 Å². The second-order valence-corrected chi connectivity index (χ2v) is 6.46. The van der Waals surface area contributed by atoms with Crippen molar-refractivity contribution < 1.29 is 19.4 Å². The lowest BCUT2D eigenvalue weighted by atomic mass is 9.97. The molecule has 0 saturated heterocycles. The van der Waals surface area contributed by atoms with Gasteiger partial charge in [0.15, 0.2) is 0 Å². The Labute approximate surface area is 147 Å². The number of carbonyl (C=O) groups excluding carboxylic acids is 1. The molecule has 134 valence electrons. The summed E-state index contributed by atoms with van der Waals surface area (Å²) in [5, 5.41) is 21.6. The van der Waals surface area contributed by atoms with E-state index in [2.05, 4.69) is 5.32 Å². The maximum absolute atomic E-state index is 13.2. The summed E-state index contributed by atoms with van der Waals surface area (Å²) in [7, 11) is 0. The third kappa shape index (κ3) is 6.55. The summed E-state index contributed by atoms with van der Waals surface area (Å²) in [6.07, 6.45) is 1.41. The van der Waals surface area contributed by atoms with Crippen LogP contribution in [0.1, 0.15) is 24.5 Å². The molecule has 2 aromatic rings. The zero-order valence-corrected chi connectivity index (χ0v) is 14.3. The highest BCUT2D eigenvalue weighted by molar-refractivity contribution is 5.76. The maximum Gasteiger partial charge on any atom is 0.220 e. The fraction of sp³-hybridized carbons (Fsp3) is 0.350. The lowest BCUT2D eigenvalue weighted by Gasteiger charge is -2.18. The first-order valence-electron chi connectivity index (χ1n) is 8.39. The number of halogens is 1. The monoisotopic (exact) mass is 345 g/mol. The molecule has 1 amide bonds. The van der Waals surface area contributed by atoms with Gasteiger partial charge in [0.1, 0.15) is 11.6 Å². The van der Waals surface area contributed by atoms with E-state index in [-0.39, 0.29) is 36.0 Å². The van der Waals surface area contributed by atoms with Gasteiger partial charge in [-0.2, -0.15) is 0 Å². The van der Waals surface area contributed by atoms with E-state index in [0.29, 0.717) is 19.3 Å². The van der Waals surface area contributed by atoms with E-state index < -0.39 is 0 Å². The van der Waals surface area contributed by atoms with Crippen LogP contribution in [0.15, 0.2) is 48.5 Å². The Morgan fingerprint density at radius 1 is 1.12 bits per heavy atom. The molecule has 0 aliphatic heterocycles. The molecule has 0 spiro atoms. The van der Waals surface area contributed by atoms with E-state index in [1.807, 2.05) is 13.0 Å². The zero-order valence-electron chi connectivity index (χ0n) is 14.3. The van der Waals surface area contributed by atoms with Gasteiger partial charge in [-0.15, -0.1) is 0 Å². The topological polar surface area (TPSA) is 69.6 Å². The third-order valence-electron chi connectivity index (χ3n) is 4.01. The van der Waals surface area contributed by atoms with Gasteiger partial charge in [-0.3, -0.25) is 4.79 Å². The van der Waals surface area contributed by atoms with Gasteiger partial charge in [0.2, 0.25) is 5.91 Å². The number of carbonyl (C=O) groups is 1. The average Bonchev–Trinajstić information content (AvgIpc) is 2.56. The van der Waals surface area contributed by atoms with Crippen LogP contribution in [0.4, 0.5) is 4.39 Å². The molecule has 0 heterocycles. The van der Waals surface area contributed by atoms with Gasteiger partial charge in [-0.05, 0) is 54.2 Å². The fourth-order valence-corrected chi connectivity index (χ4v) is 2.82. The quantitative estimate of drug-likeness (QED) is 0.689. The van der Waals surface area contributed by atoms with E-state index in [9.17, 15) is 19.4 Å². The SMILES string of the molecule is CC(CC(=O)N[C@H](CO)Cc1ccc(O)cc1)Cc1cccc(F)c1. The number of hydrogen-bond donors (Lipinski definition) is 3. The molecule has 0 aliphatic carbocycles. The van der Waals surface area contributed by atoms with Gasteiger partial charge in [0, 0.05) is 6.42 Å². The molecular weight excluding hydrogens is 321 g/mol. The Morgan fingerprint density at radius 3 is 2.48 bits per heavy atom. The van der Waals surface area contributed by atoms with Gasteiger partial charge < -0.3 is 15.5 Å². The Balaban J connectivity index is 1.83. The van der Waals surface area contributed by atoms with E-state index in [4.69, 9.17) is 0 Å². The number of benzene rings is 2. The lowest BCUT2D eigenvalue weighted by Crippen LogP contribution is -2.39. The van der Waals surface area contributed by atoms with Gasteiger partial charge in [-0.25, -0.2) is 4.39 Å². The third-order valence-corrected chi connectivity index (χ3v) is 4.01. The number of phenolic OH excluding ortho intramolecular Hbond substituents is 1. The van der Waals surface area contributed by atoms with Gasteiger partial charge in [-0.1, -0.05) is 31.2 Å². The molecule has 0 aromatic heterocycles. The van der Waals surface area contributed by atoms with Crippen molar-refractivity contribution in [2.75, 3.05) is 6.61 Å². The number of amides is 1. The van der Waals surface area contributed by atoms with Crippen LogP contribution in [0.2, 0.25) is 0 Å². The molecule has 2 aromatic carbocycles. The van der Waals surface area contributed by atoms with Crippen LogP contribution < -0.4 is 5.32 Å². The van der Waals surface area contributed by atoms with Crippen molar-refractivity contribution in [3.63, 3.8) is 0 Å². The Kier molecular flexibility index (Phi) is 6.95. The Morgan fingerprint density at radius 2 is 1.84 bits per heavy atom. The second-order valence-electron chi connectivity index (χ2n) is 6.46. The highest BCUT2D eigenvalue weighted by Crippen LogP contribution is 2.14. The Hall–Kier alpha value is -2.40. The number of aliphatic hydroxyl groups excluding tert-OH is 1.